The van der Waals surface area contributed by atoms with Crippen LogP contribution in [-0.2, 0) is 6.42 Å². The quantitative estimate of drug-likeness (QED) is 0.736. The summed E-state index contributed by atoms with van der Waals surface area (Å²) in [4.78, 5) is 0. The van der Waals surface area contributed by atoms with Crippen molar-refractivity contribution in [3.8, 4) is 17.2 Å². The lowest BCUT2D eigenvalue weighted by Crippen LogP contribution is -2.18. The van der Waals surface area contributed by atoms with Gasteiger partial charge in [0.05, 0.1) is 20.8 Å². The zero-order valence-corrected chi connectivity index (χ0v) is 12.4. The first-order valence-corrected chi connectivity index (χ1v) is 6.75. The second-order valence-corrected chi connectivity index (χ2v) is 4.70. The first-order valence-electron chi connectivity index (χ1n) is 6.75. The van der Waals surface area contributed by atoms with Crippen molar-refractivity contribution in [3.05, 3.63) is 17.7 Å². The minimum atomic E-state index is 0.0745. The molecule has 1 atom stereocenters. The van der Waals surface area contributed by atoms with E-state index in [1.165, 1.54) is 0 Å². The Balaban J connectivity index is 2.97. The van der Waals surface area contributed by atoms with E-state index in [4.69, 9.17) is 19.9 Å². The average Bonchev–Trinajstić information content (AvgIpc) is 2.39. The number of methoxy groups -OCH3 is 2. The zero-order valence-electron chi connectivity index (χ0n) is 12.4. The molecule has 19 heavy (non-hydrogen) atoms. The Bertz CT molecular complexity index is 391. The highest BCUT2D eigenvalue weighted by molar-refractivity contribution is 5.51. The van der Waals surface area contributed by atoms with Gasteiger partial charge in [-0.3, -0.25) is 0 Å². The van der Waals surface area contributed by atoms with E-state index in [9.17, 15) is 0 Å². The summed E-state index contributed by atoms with van der Waals surface area (Å²) in [7, 11) is 3.30. The van der Waals surface area contributed by atoms with Crippen LogP contribution in [0.1, 0.15) is 32.3 Å². The Kier molecular flexibility index (Phi) is 6.50. The number of ether oxygens (including phenoxy) is 3. The Hall–Kier alpha value is -1.42. The molecule has 0 aromatic heterocycles. The Morgan fingerprint density at radius 3 is 2.32 bits per heavy atom. The number of hydrogen-bond acceptors (Lipinski definition) is 4. The van der Waals surface area contributed by atoms with Crippen LogP contribution in [0.3, 0.4) is 0 Å². The molecule has 2 N–H and O–H groups in total. The van der Waals surface area contributed by atoms with Gasteiger partial charge < -0.3 is 19.9 Å². The number of unbranched alkanes of at least 4 members (excludes halogenated alkanes) is 1. The van der Waals surface area contributed by atoms with Gasteiger partial charge in [0, 0.05) is 12.1 Å². The minimum absolute atomic E-state index is 0.0745. The van der Waals surface area contributed by atoms with Crippen molar-refractivity contribution in [2.24, 2.45) is 5.73 Å². The van der Waals surface area contributed by atoms with Crippen molar-refractivity contribution >= 4 is 0 Å². The van der Waals surface area contributed by atoms with Gasteiger partial charge in [0.1, 0.15) is 5.75 Å². The van der Waals surface area contributed by atoms with Crippen molar-refractivity contribution in [3.63, 3.8) is 0 Å². The first kappa shape index (κ1) is 15.6. The van der Waals surface area contributed by atoms with Crippen molar-refractivity contribution in [1.82, 2.24) is 0 Å². The zero-order chi connectivity index (χ0) is 14.3. The van der Waals surface area contributed by atoms with Crippen LogP contribution in [0.4, 0.5) is 0 Å². The smallest absolute Gasteiger partial charge is 0.164 e. The molecule has 4 heteroatoms. The fourth-order valence-corrected chi connectivity index (χ4v) is 1.88. The van der Waals surface area contributed by atoms with Crippen molar-refractivity contribution in [2.45, 2.75) is 39.2 Å². The van der Waals surface area contributed by atoms with Crippen molar-refractivity contribution in [2.75, 3.05) is 20.8 Å². The molecule has 0 bridgehead atoms. The van der Waals surface area contributed by atoms with E-state index >= 15 is 0 Å². The van der Waals surface area contributed by atoms with Crippen LogP contribution in [0, 0.1) is 0 Å². The van der Waals surface area contributed by atoms with Crippen LogP contribution in [-0.4, -0.2) is 26.9 Å². The minimum Gasteiger partial charge on any atom is -0.496 e. The SMILES string of the molecule is CCCCOc1cc(OC)c(CC(C)N)cc1OC. The molecule has 1 aromatic carbocycles. The van der Waals surface area contributed by atoms with Gasteiger partial charge in [-0.2, -0.15) is 0 Å². The number of nitrogens with two attached hydrogens (primary N) is 1. The van der Waals surface area contributed by atoms with Crippen molar-refractivity contribution < 1.29 is 14.2 Å². The Morgan fingerprint density at radius 1 is 1.11 bits per heavy atom. The fraction of sp³-hybridized carbons (Fsp3) is 0.600. The highest BCUT2D eigenvalue weighted by Crippen LogP contribution is 2.35. The second-order valence-electron chi connectivity index (χ2n) is 4.70. The molecular formula is C15H25NO3. The number of rotatable bonds is 8. The van der Waals surface area contributed by atoms with Gasteiger partial charge in [0.25, 0.3) is 0 Å². The van der Waals surface area contributed by atoms with E-state index in [2.05, 4.69) is 6.92 Å². The summed E-state index contributed by atoms with van der Waals surface area (Å²) in [6.45, 7) is 4.78. The van der Waals surface area contributed by atoms with Gasteiger partial charge in [-0.25, -0.2) is 0 Å². The molecule has 0 amide bonds. The van der Waals surface area contributed by atoms with Crippen LogP contribution in [0.5, 0.6) is 17.2 Å². The lowest BCUT2D eigenvalue weighted by molar-refractivity contribution is 0.285. The van der Waals surface area contributed by atoms with E-state index in [1.807, 2.05) is 19.1 Å². The van der Waals surface area contributed by atoms with E-state index < -0.39 is 0 Å². The summed E-state index contributed by atoms with van der Waals surface area (Å²) in [6, 6.07) is 3.90. The molecule has 0 aliphatic heterocycles. The third-order valence-electron chi connectivity index (χ3n) is 2.86. The second kappa shape index (κ2) is 7.89. The summed E-state index contributed by atoms with van der Waals surface area (Å²) < 4.78 is 16.5. The van der Waals surface area contributed by atoms with Crippen LogP contribution < -0.4 is 19.9 Å². The molecule has 0 radical (unpaired) electrons. The Labute approximate surface area is 115 Å². The molecule has 4 nitrogen and oxygen atoms in total. The highest BCUT2D eigenvalue weighted by Gasteiger charge is 2.13. The van der Waals surface area contributed by atoms with Gasteiger partial charge in [0.15, 0.2) is 11.5 Å². The molecule has 0 saturated carbocycles. The third kappa shape index (κ3) is 4.63. The van der Waals surface area contributed by atoms with Crippen LogP contribution in [0.15, 0.2) is 12.1 Å². The normalized spacial score (nSPS) is 12.1. The lowest BCUT2D eigenvalue weighted by atomic mass is 10.1. The van der Waals surface area contributed by atoms with E-state index in [1.54, 1.807) is 14.2 Å². The van der Waals surface area contributed by atoms with E-state index in [-0.39, 0.29) is 6.04 Å². The number of hydrogen-bond donors (Lipinski definition) is 1. The lowest BCUT2D eigenvalue weighted by Gasteiger charge is -2.16. The summed E-state index contributed by atoms with van der Waals surface area (Å²) in [5, 5.41) is 0. The predicted octanol–water partition coefficient (Wildman–Crippen LogP) is 2.77. The van der Waals surface area contributed by atoms with Crippen molar-refractivity contribution in [1.29, 1.82) is 0 Å². The van der Waals surface area contributed by atoms with Crippen LogP contribution in [0.2, 0.25) is 0 Å². The maximum atomic E-state index is 5.85. The molecule has 0 fully saturated rings. The summed E-state index contributed by atoms with van der Waals surface area (Å²) in [5.74, 6) is 2.25. The van der Waals surface area contributed by atoms with Gasteiger partial charge in [-0.05, 0) is 31.4 Å². The molecule has 0 spiro atoms. The van der Waals surface area contributed by atoms with E-state index in [0.29, 0.717) is 6.61 Å². The molecule has 1 aromatic rings. The van der Waals surface area contributed by atoms with Gasteiger partial charge in [0.2, 0.25) is 0 Å². The maximum Gasteiger partial charge on any atom is 0.164 e. The summed E-state index contributed by atoms with van der Waals surface area (Å²) in [5.41, 5.74) is 6.89. The molecule has 0 aliphatic carbocycles. The Morgan fingerprint density at radius 2 is 1.79 bits per heavy atom. The highest BCUT2D eigenvalue weighted by atomic mass is 16.5. The molecule has 108 valence electrons. The third-order valence-corrected chi connectivity index (χ3v) is 2.86. The van der Waals surface area contributed by atoms with Gasteiger partial charge in [-0.15, -0.1) is 0 Å². The maximum absolute atomic E-state index is 5.85. The molecular weight excluding hydrogens is 242 g/mol. The van der Waals surface area contributed by atoms with Crippen LogP contribution in [0.25, 0.3) is 0 Å². The fourth-order valence-electron chi connectivity index (χ4n) is 1.88. The number of benzene rings is 1. The van der Waals surface area contributed by atoms with E-state index in [0.717, 1.165) is 42.1 Å². The molecule has 1 unspecified atom stereocenters. The molecule has 0 aliphatic rings. The first-order chi connectivity index (χ1) is 9.12. The monoisotopic (exact) mass is 267 g/mol. The average molecular weight is 267 g/mol. The predicted molar refractivity (Wildman–Crippen MR) is 77.3 cm³/mol. The molecule has 1 rings (SSSR count). The van der Waals surface area contributed by atoms with Crippen LogP contribution >= 0.6 is 0 Å². The largest absolute Gasteiger partial charge is 0.496 e. The summed E-state index contributed by atoms with van der Waals surface area (Å²) >= 11 is 0. The standard InChI is InChI=1S/C15H25NO3/c1-5-6-7-19-15-10-13(17-3)12(8-11(2)16)9-14(15)18-4/h9-11H,5-8,16H2,1-4H3. The molecule has 0 saturated heterocycles. The van der Waals surface area contributed by atoms with Gasteiger partial charge in [-0.1, -0.05) is 13.3 Å². The summed E-state index contributed by atoms with van der Waals surface area (Å²) in [6.07, 6.45) is 2.87. The topological polar surface area (TPSA) is 53.7 Å². The molecule has 0 heterocycles. The van der Waals surface area contributed by atoms with Gasteiger partial charge >= 0.3 is 0 Å².